The van der Waals surface area contributed by atoms with Gasteiger partial charge in [-0.2, -0.15) is 0 Å². The highest BCUT2D eigenvalue weighted by molar-refractivity contribution is 5.64. The highest BCUT2D eigenvalue weighted by Crippen LogP contribution is 2.59. The van der Waals surface area contributed by atoms with Gasteiger partial charge in [-0.25, -0.2) is 4.79 Å². The van der Waals surface area contributed by atoms with Gasteiger partial charge in [0.25, 0.3) is 0 Å². The topological polar surface area (TPSA) is 35.5 Å². The summed E-state index contributed by atoms with van der Waals surface area (Å²) in [6.07, 6.45) is 5.26. The molecule has 0 aromatic heterocycles. The molecule has 2 atom stereocenters. The maximum atomic E-state index is 12.2. The summed E-state index contributed by atoms with van der Waals surface area (Å²) in [7, 11) is 0. The van der Waals surface area contributed by atoms with Crippen molar-refractivity contribution in [3.8, 4) is 0 Å². The minimum absolute atomic E-state index is 0.321. The van der Waals surface area contributed by atoms with Crippen molar-refractivity contribution in [3.63, 3.8) is 0 Å². The molecule has 0 heterocycles. The molecule has 0 amide bonds. The lowest BCUT2D eigenvalue weighted by atomic mass is 9.58. The predicted molar refractivity (Wildman–Crippen MR) is 81.2 cm³/mol. The number of rotatable bonds is 3. The van der Waals surface area contributed by atoms with E-state index in [-0.39, 0.29) is 0 Å². The summed E-state index contributed by atoms with van der Waals surface area (Å²) in [5.41, 5.74) is 1.31. The van der Waals surface area contributed by atoms with Gasteiger partial charge in [0.2, 0.25) is 0 Å². The van der Waals surface area contributed by atoms with Gasteiger partial charge in [0.1, 0.15) is 11.2 Å². The molecule has 3 heteroatoms. The van der Waals surface area contributed by atoms with Gasteiger partial charge in [-0.1, -0.05) is 37.3 Å². The van der Waals surface area contributed by atoms with Crippen LogP contribution in [-0.2, 0) is 15.1 Å². The molecular weight excluding hydrogens is 264 g/mol. The van der Waals surface area contributed by atoms with E-state index in [4.69, 9.17) is 9.47 Å². The van der Waals surface area contributed by atoms with E-state index in [0.717, 1.165) is 24.8 Å². The Balaban J connectivity index is 1.83. The van der Waals surface area contributed by atoms with Crippen LogP contribution in [-0.4, -0.2) is 11.8 Å². The minimum Gasteiger partial charge on any atom is -0.424 e. The number of hydrogen-bond acceptors (Lipinski definition) is 3. The lowest BCUT2D eigenvalue weighted by Gasteiger charge is -2.52. The Hall–Kier alpha value is -1.77. The van der Waals surface area contributed by atoms with Crippen LogP contribution in [0.1, 0.15) is 56.6 Å². The van der Waals surface area contributed by atoms with Crippen molar-refractivity contribution in [2.75, 3.05) is 0 Å². The van der Waals surface area contributed by atoms with Crippen molar-refractivity contribution in [3.05, 3.63) is 48.0 Å². The average molecular weight is 286 g/mol. The summed E-state index contributed by atoms with van der Waals surface area (Å²) in [5.74, 6) is 0.321. The van der Waals surface area contributed by atoms with E-state index in [0.29, 0.717) is 5.92 Å². The molecule has 2 aliphatic carbocycles. The molecular formula is C18H22O3. The third-order valence-corrected chi connectivity index (χ3v) is 4.75. The molecule has 3 nitrogen and oxygen atoms in total. The number of fused-ring (bicyclic) bond motifs is 4. The molecule has 1 fully saturated rings. The predicted octanol–water partition coefficient (Wildman–Crippen LogP) is 4.67. The molecule has 0 radical (unpaired) electrons. The largest absolute Gasteiger partial charge is 0.510 e. The molecule has 0 unspecified atom stereocenters. The van der Waals surface area contributed by atoms with E-state index in [2.05, 4.69) is 24.8 Å². The van der Waals surface area contributed by atoms with Crippen LogP contribution in [0.15, 0.2) is 36.9 Å². The molecule has 0 bridgehead atoms. The Kier molecular flexibility index (Phi) is 3.31. The Labute approximate surface area is 125 Å². The molecule has 1 saturated carbocycles. The summed E-state index contributed by atoms with van der Waals surface area (Å²) in [5, 5.41) is 0. The normalized spacial score (nSPS) is 26.9. The van der Waals surface area contributed by atoms with E-state index in [9.17, 15) is 4.79 Å². The van der Waals surface area contributed by atoms with Crippen molar-refractivity contribution in [1.82, 2.24) is 0 Å². The number of carbonyl (C=O) groups excluding carboxylic acids is 1. The molecule has 0 aliphatic heterocycles. The highest BCUT2D eigenvalue weighted by Gasteiger charge is 2.56. The van der Waals surface area contributed by atoms with Crippen LogP contribution in [0.3, 0.4) is 0 Å². The van der Waals surface area contributed by atoms with Gasteiger partial charge in [0.05, 0.1) is 0 Å². The summed E-state index contributed by atoms with van der Waals surface area (Å²) < 4.78 is 11.2. The Morgan fingerprint density at radius 3 is 2.90 bits per heavy atom. The smallest absolute Gasteiger partial charge is 0.424 e. The fraction of sp³-hybridized carbons (Fsp3) is 0.500. The summed E-state index contributed by atoms with van der Waals surface area (Å²) in [6.45, 7) is 7.28. The quantitative estimate of drug-likeness (QED) is 0.598. The van der Waals surface area contributed by atoms with E-state index in [1.807, 2.05) is 6.07 Å². The van der Waals surface area contributed by atoms with E-state index < -0.39 is 17.4 Å². The SMILES string of the molecule is C=CC(C)(C)OC(=O)O[C@@]12CCCC[C@@H]1c1ccccc12. The number of carbonyl (C=O) groups is 1. The molecule has 1 aromatic carbocycles. The molecule has 1 aromatic rings. The van der Waals surface area contributed by atoms with Gasteiger partial charge in [0, 0.05) is 5.92 Å². The van der Waals surface area contributed by atoms with Crippen LogP contribution in [0.5, 0.6) is 0 Å². The maximum absolute atomic E-state index is 12.2. The fourth-order valence-corrected chi connectivity index (χ4v) is 3.58. The van der Waals surface area contributed by atoms with Crippen molar-refractivity contribution >= 4 is 6.16 Å². The monoisotopic (exact) mass is 286 g/mol. The Morgan fingerprint density at radius 1 is 1.38 bits per heavy atom. The minimum atomic E-state index is -0.707. The van der Waals surface area contributed by atoms with E-state index in [1.165, 1.54) is 12.0 Å². The highest BCUT2D eigenvalue weighted by atomic mass is 16.7. The second-order valence-corrected chi connectivity index (χ2v) is 6.54. The van der Waals surface area contributed by atoms with Gasteiger partial charge in [-0.3, -0.25) is 0 Å². The first-order valence-electron chi connectivity index (χ1n) is 7.63. The average Bonchev–Trinajstić information content (AvgIpc) is 2.45. The first-order valence-corrected chi connectivity index (χ1v) is 7.63. The van der Waals surface area contributed by atoms with Crippen LogP contribution in [0, 0.1) is 0 Å². The number of benzene rings is 1. The molecule has 21 heavy (non-hydrogen) atoms. The number of hydrogen-bond donors (Lipinski definition) is 0. The maximum Gasteiger partial charge on any atom is 0.510 e. The molecule has 112 valence electrons. The van der Waals surface area contributed by atoms with Crippen LogP contribution < -0.4 is 0 Å². The summed E-state index contributed by atoms with van der Waals surface area (Å²) >= 11 is 0. The van der Waals surface area contributed by atoms with Crippen molar-refractivity contribution in [1.29, 1.82) is 0 Å². The van der Waals surface area contributed by atoms with Gasteiger partial charge >= 0.3 is 6.16 Å². The van der Waals surface area contributed by atoms with Gasteiger partial charge in [-0.05, 0) is 50.3 Å². The van der Waals surface area contributed by atoms with Crippen molar-refractivity contribution in [2.45, 2.75) is 56.7 Å². The zero-order valence-corrected chi connectivity index (χ0v) is 12.7. The zero-order chi connectivity index (χ0) is 15.1. The lowest BCUT2D eigenvalue weighted by Crippen LogP contribution is -2.49. The van der Waals surface area contributed by atoms with Crippen LogP contribution in [0.2, 0.25) is 0 Å². The van der Waals surface area contributed by atoms with E-state index in [1.54, 1.807) is 19.9 Å². The van der Waals surface area contributed by atoms with Crippen LogP contribution >= 0.6 is 0 Å². The fourth-order valence-electron chi connectivity index (χ4n) is 3.58. The first-order chi connectivity index (χ1) is 9.98. The zero-order valence-electron chi connectivity index (χ0n) is 12.7. The van der Waals surface area contributed by atoms with E-state index >= 15 is 0 Å². The van der Waals surface area contributed by atoms with Gasteiger partial charge in [0.15, 0.2) is 0 Å². The molecule has 0 spiro atoms. The Morgan fingerprint density at radius 2 is 2.14 bits per heavy atom. The molecule has 0 N–H and O–H groups in total. The van der Waals surface area contributed by atoms with Gasteiger partial charge in [-0.15, -0.1) is 0 Å². The lowest BCUT2D eigenvalue weighted by molar-refractivity contribution is -0.105. The third-order valence-electron chi connectivity index (χ3n) is 4.75. The summed E-state index contributed by atoms with van der Waals surface area (Å²) in [6, 6.07) is 8.28. The molecule has 0 saturated heterocycles. The second kappa shape index (κ2) is 4.90. The van der Waals surface area contributed by atoms with Crippen molar-refractivity contribution in [2.24, 2.45) is 0 Å². The molecule has 2 aliphatic rings. The standard InChI is InChI=1S/C18H22O3/c1-4-17(2,3)20-16(19)21-18-12-8-7-11-15(18)13-9-5-6-10-14(13)18/h4-6,9-10,15H,1,7-8,11-12H2,2-3H3/t15-,18-/m1/s1. The van der Waals surface area contributed by atoms with Crippen LogP contribution in [0.25, 0.3) is 0 Å². The Bertz CT molecular complexity index is 576. The summed E-state index contributed by atoms with van der Waals surface area (Å²) in [4.78, 5) is 12.2. The number of ether oxygens (including phenoxy) is 2. The van der Waals surface area contributed by atoms with Crippen LogP contribution in [0.4, 0.5) is 4.79 Å². The third kappa shape index (κ3) is 2.25. The molecule has 3 rings (SSSR count). The van der Waals surface area contributed by atoms with Gasteiger partial charge < -0.3 is 9.47 Å². The van der Waals surface area contributed by atoms with Crippen molar-refractivity contribution < 1.29 is 14.3 Å². The first kappa shape index (κ1) is 14.2. The second-order valence-electron chi connectivity index (χ2n) is 6.54.